The van der Waals surface area contributed by atoms with Gasteiger partial charge in [0.25, 0.3) is 0 Å². The number of hydrogen-bond donors (Lipinski definition) is 2. The van der Waals surface area contributed by atoms with E-state index in [1.807, 2.05) is 13.8 Å². The summed E-state index contributed by atoms with van der Waals surface area (Å²) in [6, 6.07) is 5.86. The predicted octanol–water partition coefficient (Wildman–Crippen LogP) is -1.22. The highest BCUT2D eigenvalue weighted by Gasteiger charge is 2.69. The van der Waals surface area contributed by atoms with Gasteiger partial charge >= 0.3 is 0 Å². The van der Waals surface area contributed by atoms with Crippen LogP contribution in [0.2, 0.25) is 0 Å². The van der Waals surface area contributed by atoms with Gasteiger partial charge in [0, 0.05) is 13.5 Å². The van der Waals surface area contributed by atoms with Gasteiger partial charge in [0.15, 0.2) is 0 Å². The molecule has 7 nitrogen and oxygen atoms in total. The van der Waals surface area contributed by atoms with Crippen LogP contribution in [-0.4, -0.2) is 40.4 Å². The molecular weight excluding hydrogens is 324 g/mol. The molecule has 0 aromatic heterocycles. The standard InChI is InChI=1S/C18H22N2O5/c1-9(2)8-18(17(24)25)13-12(15(22)20(3)16(13)23)14(19-18)10-6-4-5-7-11(10)21/h4-7,9,12-14,19,21H,8H2,1-3H3,(H,24,25)/t12-,13+,14-,18+/m0/s1. The number of nitrogens with zero attached hydrogens (tertiary/aromatic N) is 1. The lowest BCUT2D eigenvalue weighted by Crippen LogP contribution is -2.99. The molecule has 1 aromatic rings. The number of nitrogens with two attached hydrogens (primary N) is 1. The average molecular weight is 346 g/mol. The summed E-state index contributed by atoms with van der Waals surface area (Å²) < 4.78 is 0. The van der Waals surface area contributed by atoms with Crippen LogP contribution in [0.15, 0.2) is 24.3 Å². The molecule has 1 aromatic carbocycles. The number of amides is 2. The summed E-state index contributed by atoms with van der Waals surface area (Å²) in [4.78, 5) is 38.5. The Morgan fingerprint density at radius 2 is 1.96 bits per heavy atom. The van der Waals surface area contributed by atoms with Crippen molar-refractivity contribution in [3.8, 4) is 5.75 Å². The number of carboxylic acids is 1. The van der Waals surface area contributed by atoms with Crippen molar-refractivity contribution >= 4 is 17.8 Å². The van der Waals surface area contributed by atoms with Crippen molar-refractivity contribution in [3.05, 3.63) is 29.8 Å². The van der Waals surface area contributed by atoms with Crippen molar-refractivity contribution in [1.29, 1.82) is 0 Å². The first kappa shape index (κ1) is 17.4. The van der Waals surface area contributed by atoms with Crippen molar-refractivity contribution in [1.82, 2.24) is 4.90 Å². The number of para-hydroxylation sites is 1. The largest absolute Gasteiger partial charge is 0.544 e. The molecule has 25 heavy (non-hydrogen) atoms. The Morgan fingerprint density at radius 3 is 2.52 bits per heavy atom. The first-order valence-corrected chi connectivity index (χ1v) is 8.37. The van der Waals surface area contributed by atoms with E-state index in [1.54, 1.807) is 23.5 Å². The van der Waals surface area contributed by atoms with Crippen LogP contribution in [-0.2, 0) is 14.4 Å². The van der Waals surface area contributed by atoms with E-state index in [0.717, 1.165) is 4.90 Å². The molecule has 2 aliphatic heterocycles. The first-order valence-electron chi connectivity index (χ1n) is 8.37. The molecule has 0 aliphatic carbocycles. The summed E-state index contributed by atoms with van der Waals surface area (Å²) in [6.07, 6.45) is 0.202. The zero-order valence-corrected chi connectivity index (χ0v) is 14.4. The lowest BCUT2D eigenvalue weighted by molar-refractivity contribution is -0.740. The zero-order chi connectivity index (χ0) is 18.5. The normalized spacial score (nSPS) is 31.7. The van der Waals surface area contributed by atoms with Gasteiger partial charge in [0.1, 0.15) is 35.1 Å². The number of phenolic OH excluding ortho intramolecular Hbond substituents is 1. The summed E-state index contributed by atoms with van der Waals surface area (Å²) >= 11 is 0. The Bertz CT molecular complexity index is 747. The lowest BCUT2D eigenvalue weighted by Gasteiger charge is -2.33. The van der Waals surface area contributed by atoms with E-state index in [-0.39, 0.29) is 18.1 Å². The minimum atomic E-state index is -1.52. The molecule has 0 spiro atoms. The number of likely N-dealkylation sites (tertiary alicyclic amines) is 1. The molecule has 3 N–H and O–H groups in total. The molecule has 2 heterocycles. The van der Waals surface area contributed by atoms with Crippen molar-refractivity contribution < 1.29 is 29.9 Å². The Balaban J connectivity index is 2.17. The van der Waals surface area contributed by atoms with Crippen molar-refractivity contribution in [3.63, 3.8) is 0 Å². The van der Waals surface area contributed by atoms with E-state index in [0.29, 0.717) is 5.56 Å². The molecule has 2 aliphatic rings. The number of hydrogen-bond acceptors (Lipinski definition) is 5. The van der Waals surface area contributed by atoms with Crippen LogP contribution in [0.4, 0.5) is 0 Å². The van der Waals surface area contributed by atoms with Gasteiger partial charge in [-0.3, -0.25) is 14.5 Å². The fraction of sp³-hybridized carbons (Fsp3) is 0.500. The maximum atomic E-state index is 12.7. The molecule has 0 unspecified atom stereocenters. The molecule has 0 bridgehead atoms. The van der Waals surface area contributed by atoms with E-state index >= 15 is 0 Å². The third kappa shape index (κ3) is 2.41. The molecular formula is C18H22N2O5. The first-order chi connectivity index (χ1) is 11.7. The molecule has 4 atom stereocenters. The van der Waals surface area contributed by atoms with E-state index in [2.05, 4.69) is 0 Å². The highest BCUT2D eigenvalue weighted by molar-refractivity contribution is 6.08. The van der Waals surface area contributed by atoms with Crippen LogP contribution >= 0.6 is 0 Å². The van der Waals surface area contributed by atoms with Crippen LogP contribution in [0.3, 0.4) is 0 Å². The van der Waals surface area contributed by atoms with Gasteiger partial charge < -0.3 is 20.3 Å². The molecule has 2 saturated heterocycles. The highest BCUT2D eigenvalue weighted by atomic mass is 16.4. The van der Waals surface area contributed by atoms with Crippen molar-refractivity contribution in [2.45, 2.75) is 31.8 Å². The minimum absolute atomic E-state index is 0.00766. The second-order valence-corrected chi connectivity index (χ2v) is 7.42. The van der Waals surface area contributed by atoms with Crippen LogP contribution < -0.4 is 10.4 Å². The van der Waals surface area contributed by atoms with E-state index in [9.17, 15) is 24.6 Å². The number of fused-ring (bicyclic) bond motifs is 1. The quantitative estimate of drug-likeness (QED) is 0.663. The van der Waals surface area contributed by atoms with Gasteiger partial charge in [0.2, 0.25) is 11.8 Å². The van der Waals surface area contributed by atoms with E-state index in [1.165, 1.54) is 13.1 Å². The average Bonchev–Trinajstić information content (AvgIpc) is 2.98. The SMILES string of the molecule is CC(C)C[C@@]1(C(=O)[O-])[NH2+][C@@H](c2ccccc2O)[C@H]2C(=O)N(C)C(=O)[C@@H]21. The van der Waals surface area contributed by atoms with Gasteiger partial charge in [-0.25, -0.2) is 0 Å². The van der Waals surface area contributed by atoms with Crippen LogP contribution in [0.1, 0.15) is 31.9 Å². The molecule has 2 amide bonds. The van der Waals surface area contributed by atoms with E-state index < -0.39 is 41.2 Å². The molecule has 3 rings (SSSR count). The number of imide groups is 1. The number of carbonyl (C=O) groups is 3. The van der Waals surface area contributed by atoms with Gasteiger partial charge in [-0.1, -0.05) is 26.0 Å². The summed E-state index contributed by atoms with van der Waals surface area (Å²) in [5.74, 6) is -4.10. The van der Waals surface area contributed by atoms with E-state index in [4.69, 9.17) is 0 Å². The number of phenols is 1. The topological polar surface area (TPSA) is 114 Å². The van der Waals surface area contributed by atoms with Crippen molar-refractivity contribution in [2.75, 3.05) is 7.05 Å². The third-order valence-corrected chi connectivity index (χ3v) is 5.41. The summed E-state index contributed by atoms with van der Waals surface area (Å²) in [7, 11) is 1.38. The Hall–Kier alpha value is -2.41. The monoisotopic (exact) mass is 346 g/mol. The second kappa shape index (κ2) is 5.84. The van der Waals surface area contributed by atoms with Crippen LogP contribution in [0, 0.1) is 17.8 Å². The summed E-state index contributed by atoms with van der Waals surface area (Å²) in [5.41, 5.74) is -1.07. The summed E-state index contributed by atoms with van der Waals surface area (Å²) in [5, 5.41) is 23.9. The lowest BCUT2D eigenvalue weighted by atomic mass is 9.75. The molecule has 134 valence electrons. The molecule has 7 heteroatoms. The Labute approximate surface area is 145 Å². The molecule has 0 saturated carbocycles. The van der Waals surface area contributed by atoms with Gasteiger partial charge in [-0.05, 0) is 18.1 Å². The second-order valence-electron chi connectivity index (χ2n) is 7.42. The maximum Gasteiger partial charge on any atom is 0.239 e. The third-order valence-electron chi connectivity index (χ3n) is 5.41. The Kier molecular flexibility index (Phi) is 4.07. The van der Waals surface area contributed by atoms with Gasteiger partial charge in [0.05, 0.1) is 5.56 Å². The van der Waals surface area contributed by atoms with Gasteiger partial charge in [-0.2, -0.15) is 0 Å². The fourth-order valence-corrected chi connectivity index (χ4v) is 4.47. The fourth-order valence-electron chi connectivity index (χ4n) is 4.47. The van der Waals surface area contributed by atoms with Crippen LogP contribution in [0.5, 0.6) is 5.75 Å². The van der Waals surface area contributed by atoms with Crippen LogP contribution in [0.25, 0.3) is 0 Å². The number of quaternary nitrogens is 1. The number of rotatable bonds is 4. The van der Waals surface area contributed by atoms with Crippen molar-refractivity contribution in [2.24, 2.45) is 17.8 Å². The predicted molar refractivity (Wildman–Crippen MR) is 84.7 cm³/mol. The number of aliphatic carboxylic acids is 1. The number of benzene rings is 1. The number of aromatic hydroxyl groups is 1. The zero-order valence-electron chi connectivity index (χ0n) is 14.4. The number of carbonyl (C=O) groups excluding carboxylic acids is 3. The van der Waals surface area contributed by atoms with Gasteiger partial charge in [-0.15, -0.1) is 0 Å². The number of carboxylic acid groups (broad SMARTS) is 1. The highest BCUT2D eigenvalue weighted by Crippen LogP contribution is 2.46. The molecule has 0 radical (unpaired) electrons. The summed E-state index contributed by atoms with van der Waals surface area (Å²) in [6.45, 7) is 3.73. The Morgan fingerprint density at radius 1 is 1.32 bits per heavy atom. The smallest absolute Gasteiger partial charge is 0.239 e. The minimum Gasteiger partial charge on any atom is -0.544 e. The maximum absolute atomic E-state index is 12.7. The molecule has 2 fully saturated rings.